The fourth-order valence-electron chi connectivity index (χ4n) is 1.58. The van der Waals surface area contributed by atoms with Crippen molar-refractivity contribution in [1.82, 2.24) is 0 Å². The molecule has 1 aromatic heterocycles. The van der Waals surface area contributed by atoms with Crippen molar-refractivity contribution in [2.45, 2.75) is 0 Å². The van der Waals surface area contributed by atoms with Gasteiger partial charge < -0.3 is 9.47 Å². The van der Waals surface area contributed by atoms with Crippen LogP contribution in [0.25, 0.3) is 0 Å². The Kier molecular flexibility index (Phi) is 4.50. The number of carbonyl (C=O) groups excluding carboxylic acids is 1. The molecule has 1 aromatic carbocycles. The van der Waals surface area contributed by atoms with Gasteiger partial charge in [0.25, 0.3) is 0 Å². The van der Waals surface area contributed by atoms with Crippen LogP contribution in [0.1, 0.15) is 15.2 Å². The number of hydrogen-bond donors (Lipinski definition) is 0. The lowest BCUT2D eigenvalue weighted by Crippen LogP contribution is -2.02. The summed E-state index contributed by atoms with van der Waals surface area (Å²) in [5.74, 6) is 0.987. The van der Waals surface area contributed by atoms with Gasteiger partial charge in [-0.05, 0) is 34.1 Å². The molecule has 6 heteroatoms. The average molecular weight is 362 g/mol. The van der Waals surface area contributed by atoms with E-state index < -0.39 is 0 Å². The number of ether oxygens (including phenoxy) is 2. The van der Waals surface area contributed by atoms with E-state index in [-0.39, 0.29) is 5.78 Å². The highest BCUT2D eigenvalue weighted by atomic mass is 79.9. The number of benzene rings is 1. The number of halogens is 2. The van der Waals surface area contributed by atoms with Gasteiger partial charge in [-0.2, -0.15) is 0 Å². The van der Waals surface area contributed by atoms with E-state index in [2.05, 4.69) is 15.9 Å². The standard InChI is InChI=1S/C13H10BrClO3S/c1-17-7-3-4-8(10(5-7)18-2)12(16)11-6-9(15)13(14)19-11/h3-6H,1-2H3. The van der Waals surface area contributed by atoms with Crippen LogP contribution in [0, 0.1) is 0 Å². The Hall–Kier alpha value is -1.04. The Morgan fingerprint density at radius 1 is 1.26 bits per heavy atom. The Balaban J connectivity index is 2.43. The van der Waals surface area contributed by atoms with Crippen molar-refractivity contribution in [3.05, 3.63) is 43.5 Å². The Labute approximate surface area is 128 Å². The predicted molar refractivity (Wildman–Crippen MR) is 80.0 cm³/mol. The van der Waals surface area contributed by atoms with Crippen LogP contribution < -0.4 is 9.47 Å². The molecule has 0 radical (unpaired) electrons. The largest absolute Gasteiger partial charge is 0.497 e. The number of ketones is 1. The van der Waals surface area contributed by atoms with E-state index in [1.54, 1.807) is 31.4 Å². The molecule has 1 heterocycles. The lowest BCUT2D eigenvalue weighted by molar-refractivity contribution is 0.103. The van der Waals surface area contributed by atoms with E-state index in [9.17, 15) is 4.79 Å². The van der Waals surface area contributed by atoms with E-state index >= 15 is 0 Å². The maximum atomic E-state index is 12.4. The molecule has 0 saturated heterocycles. The molecule has 0 amide bonds. The number of hydrogen-bond acceptors (Lipinski definition) is 4. The molecule has 0 N–H and O–H groups in total. The molecule has 0 unspecified atom stereocenters. The average Bonchev–Trinajstić information content (AvgIpc) is 2.77. The van der Waals surface area contributed by atoms with Crippen molar-refractivity contribution in [1.29, 1.82) is 0 Å². The van der Waals surface area contributed by atoms with Gasteiger partial charge in [0, 0.05) is 6.07 Å². The smallest absolute Gasteiger partial charge is 0.206 e. The normalized spacial score (nSPS) is 10.3. The van der Waals surface area contributed by atoms with Gasteiger partial charge in [0.2, 0.25) is 5.78 Å². The Morgan fingerprint density at radius 3 is 2.53 bits per heavy atom. The number of methoxy groups -OCH3 is 2. The van der Waals surface area contributed by atoms with Crippen LogP contribution in [0.15, 0.2) is 28.1 Å². The third-order valence-corrected chi connectivity index (χ3v) is 5.00. The van der Waals surface area contributed by atoms with Gasteiger partial charge in [-0.15, -0.1) is 11.3 Å². The fourth-order valence-corrected chi connectivity index (χ4v) is 3.23. The third-order valence-electron chi connectivity index (χ3n) is 2.52. The van der Waals surface area contributed by atoms with Crippen molar-refractivity contribution >= 4 is 44.7 Å². The summed E-state index contributed by atoms with van der Waals surface area (Å²) in [5.41, 5.74) is 0.480. The molecule has 19 heavy (non-hydrogen) atoms. The second kappa shape index (κ2) is 5.94. The van der Waals surface area contributed by atoms with E-state index in [4.69, 9.17) is 21.1 Å². The van der Waals surface area contributed by atoms with Crippen LogP contribution in [0.5, 0.6) is 11.5 Å². The van der Waals surface area contributed by atoms with Crippen molar-refractivity contribution in [2.24, 2.45) is 0 Å². The van der Waals surface area contributed by atoms with Crippen molar-refractivity contribution < 1.29 is 14.3 Å². The summed E-state index contributed by atoms with van der Waals surface area (Å²) in [4.78, 5) is 13.0. The van der Waals surface area contributed by atoms with E-state index in [0.29, 0.717) is 27.0 Å². The van der Waals surface area contributed by atoms with Gasteiger partial charge in [0.1, 0.15) is 11.5 Å². The Bertz CT molecular complexity index is 605. The second-order valence-corrected chi connectivity index (χ2v) is 6.40. The summed E-state index contributed by atoms with van der Waals surface area (Å²) < 4.78 is 11.1. The summed E-state index contributed by atoms with van der Waals surface area (Å²) in [6.07, 6.45) is 0. The number of rotatable bonds is 4. The summed E-state index contributed by atoms with van der Waals surface area (Å²) in [6.45, 7) is 0. The van der Waals surface area contributed by atoms with Crippen molar-refractivity contribution in [3.63, 3.8) is 0 Å². The van der Waals surface area contributed by atoms with Gasteiger partial charge in [-0.3, -0.25) is 4.79 Å². The highest BCUT2D eigenvalue weighted by molar-refractivity contribution is 9.11. The molecular weight excluding hydrogens is 352 g/mol. The molecular formula is C13H10BrClO3S. The first-order valence-electron chi connectivity index (χ1n) is 5.28. The van der Waals surface area contributed by atoms with Crippen LogP contribution in [0.4, 0.5) is 0 Å². The minimum Gasteiger partial charge on any atom is -0.497 e. The first kappa shape index (κ1) is 14.4. The molecule has 2 rings (SSSR count). The van der Waals surface area contributed by atoms with Crippen LogP contribution in [-0.4, -0.2) is 20.0 Å². The fraction of sp³-hybridized carbons (Fsp3) is 0.154. The van der Waals surface area contributed by atoms with Crippen molar-refractivity contribution in [3.8, 4) is 11.5 Å². The molecule has 100 valence electrons. The number of thiophene rings is 1. The monoisotopic (exact) mass is 360 g/mol. The summed E-state index contributed by atoms with van der Waals surface area (Å²) in [5, 5.41) is 0.529. The third kappa shape index (κ3) is 2.94. The molecule has 0 aliphatic heterocycles. The maximum Gasteiger partial charge on any atom is 0.206 e. The first-order valence-corrected chi connectivity index (χ1v) is 7.27. The summed E-state index contributed by atoms with van der Waals surface area (Å²) in [6, 6.07) is 6.72. The lowest BCUT2D eigenvalue weighted by Gasteiger charge is -2.08. The quantitative estimate of drug-likeness (QED) is 0.757. The van der Waals surface area contributed by atoms with Crippen LogP contribution in [-0.2, 0) is 0 Å². The molecule has 0 aliphatic rings. The van der Waals surface area contributed by atoms with Crippen molar-refractivity contribution in [2.75, 3.05) is 14.2 Å². The van der Waals surface area contributed by atoms with Gasteiger partial charge in [0.15, 0.2) is 0 Å². The van der Waals surface area contributed by atoms with Gasteiger partial charge in [-0.1, -0.05) is 11.6 Å². The Morgan fingerprint density at radius 2 is 2.00 bits per heavy atom. The molecule has 0 atom stereocenters. The van der Waals surface area contributed by atoms with Gasteiger partial charge >= 0.3 is 0 Å². The molecule has 0 saturated carbocycles. The molecule has 2 aromatic rings. The SMILES string of the molecule is COc1ccc(C(=O)c2cc(Cl)c(Br)s2)c(OC)c1. The predicted octanol–water partition coefficient (Wildman–Crippen LogP) is 4.41. The summed E-state index contributed by atoms with van der Waals surface area (Å²) in [7, 11) is 3.08. The second-order valence-electron chi connectivity index (χ2n) is 3.63. The lowest BCUT2D eigenvalue weighted by atomic mass is 10.1. The first-order chi connectivity index (χ1) is 9.06. The zero-order valence-electron chi connectivity index (χ0n) is 10.2. The van der Waals surface area contributed by atoms with Gasteiger partial charge in [-0.25, -0.2) is 0 Å². The molecule has 3 nitrogen and oxygen atoms in total. The van der Waals surface area contributed by atoms with Gasteiger partial charge in [0.05, 0.1) is 33.5 Å². The minimum absolute atomic E-state index is 0.128. The van der Waals surface area contributed by atoms with E-state index in [0.717, 1.165) is 3.79 Å². The summed E-state index contributed by atoms with van der Waals surface area (Å²) >= 11 is 10.5. The van der Waals surface area contributed by atoms with Crippen LogP contribution in [0.3, 0.4) is 0 Å². The van der Waals surface area contributed by atoms with Crippen LogP contribution in [0.2, 0.25) is 5.02 Å². The minimum atomic E-state index is -0.128. The zero-order chi connectivity index (χ0) is 14.0. The number of carbonyl (C=O) groups is 1. The molecule has 0 aliphatic carbocycles. The molecule has 0 bridgehead atoms. The van der Waals surface area contributed by atoms with E-state index in [1.807, 2.05) is 0 Å². The highest BCUT2D eigenvalue weighted by Crippen LogP contribution is 2.35. The van der Waals surface area contributed by atoms with E-state index in [1.165, 1.54) is 18.4 Å². The molecule has 0 fully saturated rings. The zero-order valence-corrected chi connectivity index (χ0v) is 13.4. The highest BCUT2D eigenvalue weighted by Gasteiger charge is 2.18. The topological polar surface area (TPSA) is 35.5 Å². The molecule has 0 spiro atoms. The van der Waals surface area contributed by atoms with Crippen LogP contribution >= 0.6 is 38.9 Å². The maximum absolute atomic E-state index is 12.4.